The smallest absolute Gasteiger partial charge is 0.283 e. The zero-order chi connectivity index (χ0) is 15.1. The van der Waals surface area contributed by atoms with Crippen LogP contribution in [0.5, 0.6) is 0 Å². The molecule has 0 atom stereocenters. The molecule has 1 fully saturated rings. The molecule has 21 heavy (non-hydrogen) atoms. The highest BCUT2D eigenvalue weighted by atomic mass is 79.9. The van der Waals surface area contributed by atoms with Crippen molar-refractivity contribution in [2.45, 2.75) is 6.54 Å². The van der Waals surface area contributed by atoms with Crippen molar-refractivity contribution in [3.8, 4) is 0 Å². The molecule has 1 aliphatic rings. The van der Waals surface area contributed by atoms with Gasteiger partial charge in [0.25, 0.3) is 5.56 Å². The second kappa shape index (κ2) is 8.47. The van der Waals surface area contributed by atoms with Crippen LogP contribution in [-0.4, -0.2) is 67.8 Å². The number of hydrogen-bond acceptors (Lipinski definition) is 6. The van der Waals surface area contributed by atoms with Crippen LogP contribution in [0.4, 0.5) is 5.69 Å². The first kappa shape index (κ1) is 16.4. The molecule has 0 amide bonds. The number of ether oxygens (including phenoxy) is 2. The Labute approximate surface area is 132 Å². The van der Waals surface area contributed by atoms with E-state index in [2.05, 4.69) is 31.2 Å². The van der Waals surface area contributed by atoms with E-state index < -0.39 is 0 Å². The molecule has 1 aromatic rings. The molecular weight excluding hydrogens is 340 g/mol. The van der Waals surface area contributed by atoms with E-state index in [9.17, 15) is 4.79 Å². The highest BCUT2D eigenvalue weighted by Crippen LogP contribution is 2.15. The van der Waals surface area contributed by atoms with Gasteiger partial charge in [0.1, 0.15) is 4.47 Å². The Morgan fingerprint density at radius 3 is 2.90 bits per heavy atom. The van der Waals surface area contributed by atoms with Gasteiger partial charge in [-0.15, -0.1) is 0 Å². The lowest BCUT2D eigenvalue weighted by Crippen LogP contribution is -2.39. The van der Waals surface area contributed by atoms with Crippen molar-refractivity contribution < 1.29 is 9.47 Å². The predicted octanol–water partition coefficient (Wildman–Crippen LogP) is 0.396. The molecule has 2 heterocycles. The van der Waals surface area contributed by atoms with E-state index in [0.717, 1.165) is 45.1 Å². The van der Waals surface area contributed by atoms with Crippen LogP contribution in [0.1, 0.15) is 0 Å². The minimum Gasteiger partial charge on any atom is -0.383 e. The maximum Gasteiger partial charge on any atom is 0.283 e. The summed E-state index contributed by atoms with van der Waals surface area (Å²) in [7, 11) is 1.60. The molecule has 0 radical (unpaired) electrons. The molecule has 0 saturated carbocycles. The van der Waals surface area contributed by atoms with Crippen LogP contribution in [0.15, 0.2) is 15.5 Å². The molecule has 0 bridgehead atoms. The summed E-state index contributed by atoms with van der Waals surface area (Å²) < 4.78 is 12.2. The summed E-state index contributed by atoms with van der Waals surface area (Å²) in [5.41, 5.74) is 0.574. The first-order valence-electron chi connectivity index (χ1n) is 7.01. The van der Waals surface area contributed by atoms with Gasteiger partial charge in [-0.05, 0) is 15.9 Å². The molecule has 0 aromatic carbocycles. The van der Waals surface area contributed by atoms with Gasteiger partial charge >= 0.3 is 0 Å². The Balaban J connectivity index is 1.88. The van der Waals surface area contributed by atoms with E-state index in [-0.39, 0.29) is 5.56 Å². The van der Waals surface area contributed by atoms with E-state index in [0.29, 0.717) is 17.6 Å². The third-order valence-electron chi connectivity index (χ3n) is 3.34. The summed E-state index contributed by atoms with van der Waals surface area (Å²) in [6.45, 7) is 6.09. The van der Waals surface area contributed by atoms with Gasteiger partial charge in [0.2, 0.25) is 0 Å². The van der Waals surface area contributed by atoms with Crippen LogP contribution in [-0.2, 0) is 16.0 Å². The highest BCUT2D eigenvalue weighted by molar-refractivity contribution is 9.10. The van der Waals surface area contributed by atoms with Gasteiger partial charge in [-0.3, -0.25) is 9.69 Å². The van der Waals surface area contributed by atoms with Crippen molar-refractivity contribution in [2.75, 3.05) is 58.4 Å². The van der Waals surface area contributed by atoms with Gasteiger partial charge in [-0.1, -0.05) is 0 Å². The zero-order valence-corrected chi connectivity index (χ0v) is 13.8. The lowest BCUT2D eigenvalue weighted by atomic mass is 10.4. The summed E-state index contributed by atoms with van der Waals surface area (Å²) >= 11 is 3.34. The van der Waals surface area contributed by atoms with E-state index in [1.807, 2.05) is 0 Å². The Kier molecular flexibility index (Phi) is 6.62. The van der Waals surface area contributed by atoms with Crippen LogP contribution in [0.3, 0.4) is 0 Å². The number of nitrogens with zero attached hydrogens (tertiary/aromatic N) is 3. The maximum absolute atomic E-state index is 12.1. The Hall–Kier alpha value is -0.960. The van der Waals surface area contributed by atoms with Crippen molar-refractivity contribution in [1.82, 2.24) is 14.7 Å². The summed E-state index contributed by atoms with van der Waals surface area (Å²) in [5, 5.41) is 7.39. The third kappa shape index (κ3) is 4.77. The minimum absolute atomic E-state index is 0.150. The molecule has 1 aromatic heterocycles. The Bertz CT molecular complexity index is 503. The predicted molar refractivity (Wildman–Crippen MR) is 83.8 cm³/mol. The second-order valence-corrected chi connectivity index (χ2v) is 5.57. The van der Waals surface area contributed by atoms with Crippen molar-refractivity contribution in [3.05, 3.63) is 21.0 Å². The fourth-order valence-electron chi connectivity index (χ4n) is 2.10. The number of aromatic nitrogens is 2. The van der Waals surface area contributed by atoms with Crippen molar-refractivity contribution in [1.29, 1.82) is 0 Å². The number of nitrogens with one attached hydrogen (secondary N) is 1. The molecule has 118 valence electrons. The summed E-state index contributed by atoms with van der Waals surface area (Å²) in [6, 6.07) is 0. The van der Waals surface area contributed by atoms with Crippen LogP contribution in [0.25, 0.3) is 0 Å². The van der Waals surface area contributed by atoms with Crippen LogP contribution in [0, 0.1) is 0 Å². The quantitative estimate of drug-likeness (QED) is 0.758. The van der Waals surface area contributed by atoms with Gasteiger partial charge < -0.3 is 14.8 Å². The van der Waals surface area contributed by atoms with E-state index in [1.54, 1.807) is 13.3 Å². The molecule has 0 aliphatic carbocycles. The number of hydrogen-bond donors (Lipinski definition) is 1. The van der Waals surface area contributed by atoms with Crippen LogP contribution < -0.4 is 10.9 Å². The van der Waals surface area contributed by atoms with Gasteiger partial charge in [-0.25, -0.2) is 4.68 Å². The molecule has 0 spiro atoms. The number of morpholine rings is 1. The van der Waals surface area contributed by atoms with E-state index in [1.165, 1.54) is 4.68 Å². The number of anilines is 1. The highest BCUT2D eigenvalue weighted by Gasteiger charge is 2.11. The topological polar surface area (TPSA) is 68.6 Å². The maximum atomic E-state index is 12.1. The monoisotopic (exact) mass is 360 g/mol. The van der Waals surface area contributed by atoms with Gasteiger partial charge in [0.05, 0.1) is 38.2 Å². The van der Waals surface area contributed by atoms with Crippen LogP contribution in [0.2, 0.25) is 0 Å². The molecular formula is C13H21BrN4O3. The Morgan fingerprint density at radius 2 is 2.19 bits per heavy atom. The van der Waals surface area contributed by atoms with Crippen molar-refractivity contribution >= 4 is 21.6 Å². The van der Waals surface area contributed by atoms with Crippen molar-refractivity contribution in [2.24, 2.45) is 0 Å². The van der Waals surface area contributed by atoms with E-state index in [4.69, 9.17) is 9.47 Å². The molecule has 8 heteroatoms. The lowest BCUT2D eigenvalue weighted by molar-refractivity contribution is 0.0398. The molecule has 1 N–H and O–H groups in total. The Morgan fingerprint density at radius 1 is 1.43 bits per heavy atom. The number of rotatable bonds is 7. The summed E-state index contributed by atoms with van der Waals surface area (Å²) in [6.07, 6.45) is 1.67. The molecule has 1 saturated heterocycles. The first-order chi connectivity index (χ1) is 10.2. The van der Waals surface area contributed by atoms with Gasteiger partial charge in [0, 0.05) is 33.3 Å². The summed E-state index contributed by atoms with van der Waals surface area (Å²) in [4.78, 5) is 14.4. The lowest BCUT2D eigenvalue weighted by Gasteiger charge is -2.26. The zero-order valence-electron chi connectivity index (χ0n) is 12.2. The largest absolute Gasteiger partial charge is 0.383 e. The molecule has 2 rings (SSSR count). The van der Waals surface area contributed by atoms with Crippen LogP contribution >= 0.6 is 15.9 Å². The number of halogens is 1. The molecule has 0 unspecified atom stereocenters. The fraction of sp³-hybridized carbons (Fsp3) is 0.692. The average molecular weight is 361 g/mol. The SMILES string of the molecule is COCCn1ncc(NCCN2CCOCC2)c(Br)c1=O. The fourth-order valence-corrected chi connectivity index (χ4v) is 2.55. The normalized spacial score (nSPS) is 16.1. The van der Waals surface area contributed by atoms with E-state index >= 15 is 0 Å². The average Bonchev–Trinajstić information content (AvgIpc) is 2.52. The standard InChI is InChI=1S/C13H21BrN4O3/c1-20-7-6-18-13(19)12(14)11(10-16-18)15-2-3-17-4-8-21-9-5-17/h10,15H,2-9H2,1H3. The van der Waals surface area contributed by atoms with Gasteiger partial charge in [-0.2, -0.15) is 5.10 Å². The van der Waals surface area contributed by atoms with Gasteiger partial charge in [0.15, 0.2) is 0 Å². The number of methoxy groups -OCH3 is 1. The minimum atomic E-state index is -0.150. The first-order valence-corrected chi connectivity index (χ1v) is 7.80. The van der Waals surface area contributed by atoms with Crippen molar-refractivity contribution in [3.63, 3.8) is 0 Å². The summed E-state index contributed by atoms with van der Waals surface area (Å²) in [5.74, 6) is 0. The molecule has 7 nitrogen and oxygen atoms in total. The molecule has 1 aliphatic heterocycles. The second-order valence-electron chi connectivity index (χ2n) is 4.77. The third-order valence-corrected chi connectivity index (χ3v) is 4.11.